The van der Waals surface area contributed by atoms with Crippen molar-refractivity contribution in [2.75, 3.05) is 13.2 Å². The van der Waals surface area contributed by atoms with Gasteiger partial charge in [-0.25, -0.2) is 0 Å². The summed E-state index contributed by atoms with van der Waals surface area (Å²) >= 11 is 0. The first-order valence-electron chi connectivity index (χ1n) is 27.5. The molecule has 0 saturated carbocycles. The van der Waals surface area contributed by atoms with E-state index in [9.17, 15) is 14.4 Å². The van der Waals surface area contributed by atoms with Crippen LogP contribution < -0.4 is 0 Å². The molecule has 0 radical (unpaired) electrons. The van der Waals surface area contributed by atoms with Crippen LogP contribution in [0.4, 0.5) is 0 Å². The van der Waals surface area contributed by atoms with Gasteiger partial charge >= 0.3 is 17.9 Å². The molecule has 0 bridgehead atoms. The molecule has 0 aliphatic carbocycles. The zero-order valence-corrected chi connectivity index (χ0v) is 42.1. The van der Waals surface area contributed by atoms with E-state index < -0.39 is 6.10 Å². The zero-order chi connectivity index (χ0) is 45.8. The van der Waals surface area contributed by atoms with E-state index in [1.807, 2.05) is 0 Å². The molecular weight excluding hydrogens is 781 g/mol. The summed E-state index contributed by atoms with van der Waals surface area (Å²) in [5, 5.41) is 0. The number of carbonyl (C=O) groups is 3. The van der Waals surface area contributed by atoms with Gasteiger partial charge in [0.05, 0.1) is 0 Å². The predicted molar refractivity (Wildman–Crippen MR) is 270 cm³/mol. The lowest BCUT2D eigenvalue weighted by molar-refractivity contribution is -0.167. The van der Waals surface area contributed by atoms with Crippen molar-refractivity contribution >= 4 is 17.9 Å². The Morgan fingerprint density at radius 2 is 0.524 bits per heavy atom. The zero-order valence-electron chi connectivity index (χ0n) is 42.1. The van der Waals surface area contributed by atoms with Crippen LogP contribution in [0.3, 0.4) is 0 Å². The second kappa shape index (κ2) is 52.3. The van der Waals surface area contributed by atoms with Crippen LogP contribution >= 0.6 is 0 Å². The Bertz CT molecular complexity index is 1060. The molecule has 0 spiro atoms. The lowest BCUT2D eigenvalue weighted by Gasteiger charge is -2.18. The molecule has 0 unspecified atom stereocenters. The average molecular weight is 885 g/mol. The third kappa shape index (κ3) is 50.5. The normalized spacial score (nSPS) is 12.2. The van der Waals surface area contributed by atoms with Crippen molar-refractivity contribution in [3.05, 3.63) is 36.5 Å². The molecule has 0 aliphatic rings. The van der Waals surface area contributed by atoms with Gasteiger partial charge in [0.15, 0.2) is 6.10 Å². The molecule has 0 rings (SSSR count). The third-order valence-electron chi connectivity index (χ3n) is 12.1. The second-order valence-corrected chi connectivity index (χ2v) is 18.5. The quantitative estimate of drug-likeness (QED) is 0.0262. The van der Waals surface area contributed by atoms with Crippen LogP contribution in [0.2, 0.25) is 0 Å². The maximum absolute atomic E-state index is 12.8. The van der Waals surface area contributed by atoms with Crippen LogP contribution in [0, 0.1) is 0 Å². The predicted octanol–water partition coefficient (Wildman–Crippen LogP) is 18.1. The van der Waals surface area contributed by atoms with Crippen LogP contribution in [-0.2, 0) is 28.6 Å². The largest absolute Gasteiger partial charge is 0.462 e. The monoisotopic (exact) mass is 885 g/mol. The van der Waals surface area contributed by atoms with Crippen molar-refractivity contribution in [2.24, 2.45) is 0 Å². The number of unbranched alkanes of at least 4 members (excludes halogenated alkanes) is 33. The number of ether oxygens (including phenoxy) is 3. The van der Waals surface area contributed by atoms with Gasteiger partial charge in [-0.1, -0.05) is 211 Å². The SMILES string of the molecule is CCCCCCCC/C=C\CCCCCCCC(=O)OC[C@@H](COC(=O)CCCCC/C=C\CCCCCCCC)OC(=O)CCCCCCC/C=C\CCCCCCCCCC. The number of hydrogen-bond donors (Lipinski definition) is 0. The highest BCUT2D eigenvalue weighted by Gasteiger charge is 2.19. The Morgan fingerprint density at radius 1 is 0.302 bits per heavy atom. The maximum Gasteiger partial charge on any atom is 0.306 e. The highest BCUT2D eigenvalue weighted by atomic mass is 16.6. The second-order valence-electron chi connectivity index (χ2n) is 18.5. The fourth-order valence-corrected chi connectivity index (χ4v) is 7.90. The number of rotatable bonds is 50. The summed E-state index contributed by atoms with van der Waals surface area (Å²) < 4.78 is 16.8. The molecule has 0 aromatic carbocycles. The molecule has 63 heavy (non-hydrogen) atoms. The fraction of sp³-hybridized carbons (Fsp3) is 0.842. The summed E-state index contributed by atoms with van der Waals surface area (Å²) in [5.74, 6) is -0.904. The summed E-state index contributed by atoms with van der Waals surface area (Å²) in [4.78, 5) is 38.0. The number of esters is 3. The van der Waals surface area contributed by atoms with Crippen LogP contribution in [0.5, 0.6) is 0 Å². The summed E-state index contributed by atoms with van der Waals surface area (Å²) in [5.41, 5.74) is 0. The van der Waals surface area contributed by atoms with E-state index in [2.05, 4.69) is 57.2 Å². The molecule has 0 aromatic heterocycles. The van der Waals surface area contributed by atoms with E-state index in [0.717, 1.165) is 83.5 Å². The van der Waals surface area contributed by atoms with Crippen LogP contribution in [0.15, 0.2) is 36.5 Å². The van der Waals surface area contributed by atoms with Gasteiger partial charge in [0.2, 0.25) is 0 Å². The number of hydrogen-bond acceptors (Lipinski definition) is 6. The number of allylic oxidation sites excluding steroid dienone is 6. The van der Waals surface area contributed by atoms with Gasteiger partial charge < -0.3 is 14.2 Å². The van der Waals surface area contributed by atoms with Crippen molar-refractivity contribution in [1.29, 1.82) is 0 Å². The Hall–Kier alpha value is -2.37. The van der Waals surface area contributed by atoms with Crippen molar-refractivity contribution in [3.8, 4) is 0 Å². The van der Waals surface area contributed by atoms with Crippen LogP contribution in [0.25, 0.3) is 0 Å². The van der Waals surface area contributed by atoms with E-state index in [1.165, 1.54) is 167 Å². The van der Waals surface area contributed by atoms with Crippen LogP contribution in [-0.4, -0.2) is 37.2 Å². The maximum atomic E-state index is 12.8. The molecule has 368 valence electrons. The molecule has 0 N–H and O–H groups in total. The van der Waals surface area contributed by atoms with Gasteiger partial charge in [0, 0.05) is 19.3 Å². The van der Waals surface area contributed by atoms with Crippen molar-refractivity contribution in [2.45, 2.75) is 297 Å². The van der Waals surface area contributed by atoms with E-state index >= 15 is 0 Å². The minimum absolute atomic E-state index is 0.0828. The first-order valence-corrected chi connectivity index (χ1v) is 27.5. The van der Waals surface area contributed by atoms with Gasteiger partial charge in [-0.05, 0) is 96.3 Å². The molecule has 0 heterocycles. The standard InChI is InChI=1S/C57H104O6/c1-4-7-10-13-16-19-22-25-27-28-30-33-36-39-42-45-48-51-57(60)63-54(52-61-55(58)49-46-43-40-37-34-31-24-21-18-15-12-9-6-3)53-62-56(59)50-47-44-41-38-35-32-29-26-23-20-17-14-11-8-5-2/h26,28-31,34,54H,4-25,27,32-33,35-53H2,1-3H3/b29-26-,30-28-,34-31-/t54-/m1/s1. The number of carbonyl (C=O) groups excluding carboxylic acids is 3. The van der Waals surface area contributed by atoms with E-state index in [4.69, 9.17) is 14.2 Å². The summed E-state index contributed by atoms with van der Waals surface area (Å²) in [7, 11) is 0. The van der Waals surface area contributed by atoms with Gasteiger partial charge in [-0.15, -0.1) is 0 Å². The Morgan fingerprint density at radius 3 is 0.810 bits per heavy atom. The van der Waals surface area contributed by atoms with Crippen molar-refractivity contribution in [3.63, 3.8) is 0 Å². The van der Waals surface area contributed by atoms with E-state index in [-0.39, 0.29) is 31.1 Å². The third-order valence-corrected chi connectivity index (χ3v) is 12.1. The molecule has 0 aromatic rings. The average Bonchev–Trinajstić information content (AvgIpc) is 3.28. The molecule has 0 aliphatic heterocycles. The molecule has 0 saturated heterocycles. The van der Waals surface area contributed by atoms with Crippen molar-refractivity contribution < 1.29 is 28.6 Å². The molecule has 0 amide bonds. The summed E-state index contributed by atoms with van der Waals surface area (Å²) in [6, 6.07) is 0. The van der Waals surface area contributed by atoms with E-state index in [1.54, 1.807) is 0 Å². The summed E-state index contributed by atoms with van der Waals surface area (Å²) in [6.45, 7) is 6.62. The molecule has 6 heteroatoms. The molecule has 6 nitrogen and oxygen atoms in total. The molecule has 1 atom stereocenters. The molecule has 0 fully saturated rings. The van der Waals surface area contributed by atoms with Gasteiger partial charge in [0.1, 0.15) is 13.2 Å². The Labute approximate surface area is 391 Å². The Balaban J connectivity index is 4.39. The van der Waals surface area contributed by atoms with Crippen molar-refractivity contribution in [1.82, 2.24) is 0 Å². The summed E-state index contributed by atoms with van der Waals surface area (Å²) in [6.07, 6.45) is 61.3. The lowest BCUT2D eigenvalue weighted by atomic mass is 10.1. The minimum Gasteiger partial charge on any atom is -0.462 e. The topological polar surface area (TPSA) is 78.9 Å². The highest BCUT2D eigenvalue weighted by molar-refractivity contribution is 5.71. The van der Waals surface area contributed by atoms with E-state index in [0.29, 0.717) is 19.3 Å². The first kappa shape index (κ1) is 60.6. The van der Waals surface area contributed by atoms with Gasteiger partial charge in [0.25, 0.3) is 0 Å². The van der Waals surface area contributed by atoms with Gasteiger partial charge in [-0.3, -0.25) is 14.4 Å². The van der Waals surface area contributed by atoms with Gasteiger partial charge in [-0.2, -0.15) is 0 Å². The fourth-order valence-electron chi connectivity index (χ4n) is 7.90. The smallest absolute Gasteiger partial charge is 0.306 e. The van der Waals surface area contributed by atoms with Crippen LogP contribution in [0.1, 0.15) is 290 Å². The molecular formula is C57H104O6. The lowest BCUT2D eigenvalue weighted by Crippen LogP contribution is -2.30. The first-order chi connectivity index (χ1) is 31.0. The highest BCUT2D eigenvalue weighted by Crippen LogP contribution is 2.15. The Kier molecular flexibility index (Phi) is 50.3. The minimum atomic E-state index is -0.783.